The monoisotopic (exact) mass is 593 g/mol. The highest BCUT2D eigenvalue weighted by Crippen LogP contribution is 2.33. The van der Waals surface area contributed by atoms with E-state index in [1.165, 1.54) is 55.5 Å². The van der Waals surface area contributed by atoms with Crippen molar-refractivity contribution in [1.29, 1.82) is 0 Å². The van der Waals surface area contributed by atoms with Gasteiger partial charge in [-0.25, -0.2) is 12.8 Å². The summed E-state index contributed by atoms with van der Waals surface area (Å²) in [5.74, 6) is -1.85. The molecule has 3 rings (SSSR count). The molecule has 0 radical (unpaired) electrons. The molecule has 0 aromatic heterocycles. The number of nitrogens with one attached hydrogen (secondary N) is 1. The average Bonchev–Trinajstić information content (AvgIpc) is 2.95. The van der Waals surface area contributed by atoms with Gasteiger partial charge in [0, 0.05) is 13.1 Å². The van der Waals surface area contributed by atoms with Gasteiger partial charge < -0.3 is 10.2 Å². The predicted molar refractivity (Wildman–Crippen MR) is 147 cm³/mol. The summed E-state index contributed by atoms with van der Waals surface area (Å²) in [7, 11) is -4.52. The molecule has 0 spiro atoms. The van der Waals surface area contributed by atoms with Crippen LogP contribution in [0.25, 0.3) is 0 Å². The third kappa shape index (κ3) is 8.29. The topological polar surface area (TPSA) is 86.8 Å². The molecular formula is C29H31F4N3O4S. The van der Waals surface area contributed by atoms with E-state index in [0.29, 0.717) is 28.9 Å². The molecule has 7 nitrogen and oxygen atoms in total. The standard InChI is InChI=1S/C29H31F4N3O4S/c1-3-4-17-34-28(38)21(2)35(19-22-13-15-24(30)16-14-22)27(37)20-36(41(39,40)26-11-6-5-7-12-26)25-10-8-9-23(18-25)29(31,32)33/h5-16,18,21H,3-4,17,19-20H2,1-2H3,(H,34,38)/t21-/m0/s1. The first-order valence-electron chi connectivity index (χ1n) is 12.9. The normalized spacial score (nSPS) is 12.4. The molecule has 0 aliphatic carbocycles. The summed E-state index contributed by atoms with van der Waals surface area (Å²) in [6.45, 7) is 2.69. The van der Waals surface area contributed by atoms with Crippen molar-refractivity contribution < 1.29 is 35.6 Å². The number of unbranched alkanes of at least 4 members (excludes halogenated alkanes) is 1. The molecule has 3 aromatic carbocycles. The first kappa shape index (κ1) is 31.6. The van der Waals surface area contributed by atoms with Crippen LogP contribution in [0.15, 0.2) is 83.8 Å². The average molecular weight is 594 g/mol. The fourth-order valence-corrected chi connectivity index (χ4v) is 5.42. The van der Waals surface area contributed by atoms with Crippen molar-refractivity contribution in [3.8, 4) is 0 Å². The van der Waals surface area contributed by atoms with Crippen LogP contribution in [0.1, 0.15) is 37.8 Å². The Labute approximate surface area is 236 Å². The zero-order valence-corrected chi connectivity index (χ0v) is 23.4. The molecule has 1 atom stereocenters. The second kappa shape index (κ2) is 13.6. The number of carbonyl (C=O) groups excluding carboxylic acids is 2. The van der Waals surface area contributed by atoms with E-state index in [0.717, 1.165) is 29.5 Å². The van der Waals surface area contributed by atoms with Crippen molar-refractivity contribution in [2.24, 2.45) is 0 Å². The van der Waals surface area contributed by atoms with E-state index in [2.05, 4.69) is 5.32 Å². The highest BCUT2D eigenvalue weighted by molar-refractivity contribution is 7.92. The number of sulfonamides is 1. The number of amides is 2. The molecule has 2 amide bonds. The summed E-state index contributed by atoms with van der Waals surface area (Å²) in [5, 5.41) is 2.73. The number of anilines is 1. The highest BCUT2D eigenvalue weighted by atomic mass is 32.2. The Morgan fingerprint density at radius 2 is 1.61 bits per heavy atom. The molecule has 12 heteroatoms. The Bertz CT molecular complexity index is 1430. The van der Waals surface area contributed by atoms with Crippen LogP contribution in [0.3, 0.4) is 0 Å². The van der Waals surface area contributed by atoms with Crippen molar-refractivity contribution in [3.63, 3.8) is 0 Å². The second-order valence-electron chi connectivity index (χ2n) is 9.34. The molecule has 0 saturated carbocycles. The summed E-state index contributed by atoms with van der Waals surface area (Å²) in [6, 6.07) is 14.8. The van der Waals surface area contributed by atoms with Gasteiger partial charge in [-0.1, -0.05) is 49.7 Å². The Kier molecular flexibility index (Phi) is 10.5. The zero-order valence-electron chi connectivity index (χ0n) is 22.6. The molecule has 0 bridgehead atoms. The number of hydrogen-bond donors (Lipinski definition) is 1. The van der Waals surface area contributed by atoms with E-state index in [1.807, 2.05) is 6.92 Å². The molecule has 0 aliphatic heterocycles. The van der Waals surface area contributed by atoms with E-state index in [4.69, 9.17) is 0 Å². The number of alkyl halides is 3. The number of carbonyl (C=O) groups is 2. The van der Waals surface area contributed by atoms with Crippen LogP contribution in [-0.2, 0) is 32.3 Å². The lowest BCUT2D eigenvalue weighted by molar-refractivity contribution is -0.139. The molecule has 3 aromatic rings. The minimum Gasteiger partial charge on any atom is -0.354 e. The number of hydrogen-bond acceptors (Lipinski definition) is 4. The Hall–Kier alpha value is -3.93. The molecule has 0 saturated heterocycles. The fraction of sp³-hybridized carbons (Fsp3) is 0.310. The van der Waals surface area contributed by atoms with Gasteiger partial charge in [-0.3, -0.25) is 13.9 Å². The number of benzene rings is 3. The highest BCUT2D eigenvalue weighted by Gasteiger charge is 2.35. The van der Waals surface area contributed by atoms with Crippen LogP contribution >= 0.6 is 0 Å². The zero-order chi connectivity index (χ0) is 30.2. The maximum Gasteiger partial charge on any atom is 0.416 e. The van der Waals surface area contributed by atoms with Crippen molar-refractivity contribution >= 4 is 27.5 Å². The summed E-state index contributed by atoms with van der Waals surface area (Å²) in [6.07, 6.45) is -3.25. The van der Waals surface area contributed by atoms with E-state index < -0.39 is 52.0 Å². The summed E-state index contributed by atoms with van der Waals surface area (Å²) >= 11 is 0. The van der Waals surface area contributed by atoms with E-state index in [1.54, 1.807) is 6.07 Å². The van der Waals surface area contributed by atoms with Crippen LogP contribution in [0.2, 0.25) is 0 Å². The van der Waals surface area contributed by atoms with E-state index >= 15 is 0 Å². The molecule has 0 unspecified atom stereocenters. The quantitative estimate of drug-likeness (QED) is 0.226. The van der Waals surface area contributed by atoms with Gasteiger partial charge in [0.1, 0.15) is 18.4 Å². The Morgan fingerprint density at radius 3 is 2.22 bits per heavy atom. The van der Waals surface area contributed by atoms with Crippen LogP contribution in [-0.4, -0.2) is 44.3 Å². The van der Waals surface area contributed by atoms with Crippen LogP contribution in [0.4, 0.5) is 23.2 Å². The summed E-state index contributed by atoms with van der Waals surface area (Å²) in [4.78, 5) is 27.6. The number of halogens is 4. The van der Waals surface area contributed by atoms with Crippen molar-refractivity contribution in [1.82, 2.24) is 10.2 Å². The van der Waals surface area contributed by atoms with Crippen molar-refractivity contribution in [2.45, 2.75) is 50.3 Å². The lowest BCUT2D eigenvalue weighted by atomic mass is 10.1. The van der Waals surface area contributed by atoms with Gasteiger partial charge in [0.05, 0.1) is 16.1 Å². The Balaban J connectivity index is 2.04. The lowest BCUT2D eigenvalue weighted by Crippen LogP contribution is -2.51. The first-order chi connectivity index (χ1) is 19.3. The SMILES string of the molecule is CCCCNC(=O)[C@H](C)N(Cc1ccc(F)cc1)C(=O)CN(c1cccc(C(F)(F)F)c1)S(=O)(=O)c1ccccc1. The lowest BCUT2D eigenvalue weighted by Gasteiger charge is -2.32. The van der Waals surface area contributed by atoms with Gasteiger partial charge in [0.25, 0.3) is 10.0 Å². The number of rotatable bonds is 12. The maximum atomic E-state index is 13.8. The molecular weight excluding hydrogens is 562 g/mol. The maximum absolute atomic E-state index is 13.8. The number of nitrogens with zero attached hydrogens (tertiary/aromatic N) is 2. The van der Waals surface area contributed by atoms with Gasteiger partial charge in [0.15, 0.2) is 0 Å². The molecule has 0 fully saturated rings. The van der Waals surface area contributed by atoms with Gasteiger partial charge in [0.2, 0.25) is 11.8 Å². The van der Waals surface area contributed by atoms with Gasteiger partial charge >= 0.3 is 6.18 Å². The first-order valence-corrected chi connectivity index (χ1v) is 14.3. The van der Waals surface area contributed by atoms with Crippen molar-refractivity contribution in [3.05, 3.63) is 95.8 Å². The van der Waals surface area contributed by atoms with E-state index in [9.17, 15) is 35.6 Å². The molecule has 1 N–H and O–H groups in total. The summed E-state index contributed by atoms with van der Waals surface area (Å²) in [5.41, 5.74) is -1.01. The Morgan fingerprint density at radius 1 is 0.951 bits per heavy atom. The second-order valence-corrected chi connectivity index (χ2v) is 11.2. The largest absolute Gasteiger partial charge is 0.416 e. The van der Waals surface area contributed by atoms with Crippen LogP contribution < -0.4 is 9.62 Å². The van der Waals surface area contributed by atoms with Gasteiger partial charge in [-0.15, -0.1) is 0 Å². The van der Waals surface area contributed by atoms with Crippen LogP contribution in [0.5, 0.6) is 0 Å². The molecule has 0 heterocycles. The minimum absolute atomic E-state index is 0.177. The van der Waals surface area contributed by atoms with Crippen LogP contribution in [0, 0.1) is 5.82 Å². The van der Waals surface area contributed by atoms with Crippen molar-refractivity contribution in [2.75, 3.05) is 17.4 Å². The molecule has 220 valence electrons. The summed E-state index contributed by atoms with van der Waals surface area (Å²) < 4.78 is 82.0. The van der Waals surface area contributed by atoms with E-state index in [-0.39, 0.29) is 17.1 Å². The third-order valence-corrected chi connectivity index (χ3v) is 8.12. The van der Waals surface area contributed by atoms with Gasteiger partial charge in [-0.05, 0) is 61.4 Å². The van der Waals surface area contributed by atoms with Gasteiger partial charge in [-0.2, -0.15) is 13.2 Å². The molecule has 41 heavy (non-hydrogen) atoms. The molecule has 0 aliphatic rings. The fourth-order valence-electron chi connectivity index (χ4n) is 3.99. The predicted octanol–water partition coefficient (Wildman–Crippen LogP) is 5.37. The third-order valence-electron chi connectivity index (χ3n) is 6.33. The smallest absolute Gasteiger partial charge is 0.354 e. The minimum atomic E-state index is -4.76.